The predicted octanol–water partition coefficient (Wildman–Crippen LogP) is 0.297. The highest BCUT2D eigenvalue weighted by Crippen LogP contribution is 2.26. The van der Waals surface area contributed by atoms with Crippen molar-refractivity contribution in [1.82, 2.24) is 10.2 Å². The van der Waals surface area contributed by atoms with Gasteiger partial charge >= 0.3 is 0 Å². The molecule has 3 nitrogen and oxygen atoms in total. The van der Waals surface area contributed by atoms with Crippen molar-refractivity contribution in [2.45, 2.75) is 31.9 Å². The Morgan fingerprint density at radius 3 is 2.54 bits per heavy atom. The van der Waals surface area contributed by atoms with Crippen LogP contribution in [0.15, 0.2) is 0 Å². The fourth-order valence-corrected chi connectivity index (χ4v) is 1.85. The summed E-state index contributed by atoms with van der Waals surface area (Å²) in [5, 5.41) is 12.6. The molecule has 0 bridgehead atoms. The molecule has 78 valence electrons. The lowest BCUT2D eigenvalue weighted by Gasteiger charge is -2.32. The maximum absolute atomic E-state index is 9.09. The van der Waals surface area contributed by atoms with Crippen LogP contribution in [0.4, 0.5) is 0 Å². The van der Waals surface area contributed by atoms with Crippen molar-refractivity contribution >= 4 is 0 Å². The lowest BCUT2D eigenvalue weighted by atomic mass is 9.82. The minimum atomic E-state index is -0.0176. The third kappa shape index (κ3) is 4.07. The molecule has 0 aromatic heterocycles. The standard InChI is InChI=1S/C10H22N2O/c1-8(7-12(2)3)11-6-9-4-10(13)5-9/h8-11,13H,4-7H2,1-3H3. The number of aliphatic hydroxyl groups is 1. The summed E-state index contributed by atoms with van der Waals surface area (Å²) in [6, 6.07) is 0.549. The van der Waals surface area contributed by atoms with E-state index in [1.54, 1.807) is 0 Å². The Labute approximate surface area is 81.1 Å². The molecular weight excluding hydrogens is 164 g/mol. The maximum Gasteiger partial charge on any atom is 0.0546 e. The van der Waals surface area contributed by atoms with Crippen LogP contribution in [0.3, 0.4) is 0 Å². The van der Waals surface area contributed by atoms with Crippen LogP contribution < -0.4 is 5.32 Å². The van der Waals surface area contributed by atoms with Crippen molar-refractivity contribution < 1.29 is 5.11 Å². The van der Waals surface area contributed by atoms with E-state index in [-0.39, 0.29) is 6.10 Å². The zero-order chi connectivity index (χ0) is 9.84. The molecule has 3 heteroatoms. The molecule has 1 rings (SSSR count). The fourth-order valence-electron chi connectivity index (χ4n) is 1.85. The minimum Gasteiger partial charge on any atom is -0.393 e. The molecule has 0 aromatic rings. The summed E-state index contributed by atoms with van der Waals surface area (Å²) in [7, 11) is 4.18. The zero-order valence-electron chi connectivity index (χ0n) is 8.95. The first-order chi connectivity index (χ1) is 6.08. The highest BCUT2D eigenvalue weighted by Gasteiger charge is 2.26. The van der Waals surface area contributed by atoms with Crippen LogP contribution in [0.5, 0.6) is 0 Å². The predicted molar refractivity (Wildman–Crippen MR) is 54.7 cm³/mol. The van der Waals surface area contributed by atoms with Crippen LogP contribution in [-0.2, 0) is 0 Å². The Bertz CT molecular complexity index is 144. The molecule has 0 aromatic carbocycles. The van der Waals surface area contributed by atoms with E-state index in [1.807, 2.05) is 0 Å². The van der Waals surface area contributed by atoms with Gasteiger partial charge in [0.1, 0.15) is 0 Å². The monoisotopic (exact) mass is 186 g/mol. The summed E-state index contributed by atoms with van der Waals surface area (Å²) in [6.45, 7) is 4.34. The van der Waals surface area contributed by atoms with E-state index >= 15 is 0 Å². The van der Waals surface area contributed by atoms with Crippen molar-refractivity contribution in [1.29, 1.82) is 0 Å². The quantitative estimate of drug-likeness (QED) is 0.648. The summed E-state index contributed by atoms with van der Waals surface area (Å²) in [5.41, 5.74) is 0. The number of hydrogen-bond acceptors (Lipinski definition) is 3. The first kappa shape index (κ1) is 11.0. The van der Waals surface area contributed by atoms with E-state index in [0.29, 0.717) is 12.0 Å². The number of nitrogens with one attached hydrogen (secondary N) is 1. The van der Waals surface area contributed by atoms with E-state index < -0.39 is 0 Å². The second kappa shape index (κ2) is 4.94. The van der Waals surface area contributed by atoms with Gasteiger partial charge in [-0.1, -0.05) is 0 Å². The molecule has 1 unspecified atom stereocenters. The fraction of sp³-hybridized carbons (Fsp3) is 1.00. The van der Waals surface area contributed by atoms with Crippen molar-refractivity contribution in [3.63, 3.8) is 0 Å². The normalized spacial score (nSPS) is 30.2. The Morgan fingerprint density at radius 2 is 2.08 bits per heavy atom. The van der Waals surface area contributed by atoms with Crippen LogP contribution in [0, 0.1) is 5.92 Å². The average molecular weight is 186 g/mol. The van der Waals surface area contributed by atoms with Crippen molar-refractivity contribution in [3.05, 3.63) is 0 Å². The van der Waals surface area contributed by atoms with E-state index in [4.69, 9.17) is 5.11 Å². The molecule has 0 amide bonds. The lowest BCUT2D eigenvalue weighted by Crippen LogP contribution is -2.42. The van der Waals surface area contributed by atoms with Gasteiger partial charge in [-0.25, -0.2) is 0 Å². The molecule has 0 aliphatic heterocycles. The topological polar surface area (TPSA) is 35.5 Å². The molecule has 0 heterocycles. The largest absolute Gasteiger partial charge is 0.393 e. The molecule has 1 fully saturated rings. The summed E-state index contributed by atoms with van der Waals surface area (Å²) in [6.07, 6.45) is 1.96. The molecular formula is C10H22N2O. The SMILES string of the molecule is CC(CN(C)C)NCC1CC(O)C1. The lowest BCUT2D eigenvalue weighted by molar-refractivity contribution is 0.0417. The average Bonchev–Trinajstić information content (AvgIpc) is 1.94. The molecule has 0 radical (unpaired) electrons. The smallest absolute Gasteiger partial charge is 0.0546 e. The Hall–Kier alpha value is -0.120. The first-order valence-corrected chi connectivity index (χ1v) is 5.14. The summed E-state index contributed by atoms with van der Waals surface area (Å²) < 4.78 is 0. The number of likely N-dealkylation sites (N-methyl/N-ethyl adjacent to an activating group) is 1. The molecule has 1 aliphatic rings. The van der Waals surface area contributed by atoms with Crippen molar-refractivity contribution in [2.24, 2.45) is 5.92 Å². The molecule has 13 heavy (non-hydrogen) atoms. The van der Waals surface area contributed by atoms with Gasteiger partial charge in [0.15, 0.2) is 0 Å². The van der Waals surface area contributed by atoms with Crippen LogP contribution in [-0.4, -0.2) is 49.3 Å². The molecule has 0 spiro atoms. The second-order valence-corrected chi connectivity index (χ2v) is 4.56. The zero-order valence-corrected chi connectivity index (χ0v) is 8.95. The highest BCUT2D eigenvalue weighted by molar-refractivity contribution is 4.81. The van der Waals surface area contributed by atoms with Gasteiger partial charge in [0, 0.05) is 12.6 Å². The van der Waals surface area contributed by atoms with Gasteiger partial charge in [-0.3, -0.25) is 0 Å². The first-order valence-electron chi connectivity index (χ1n) is 5.14. The van der Waals surface area contributed by atoms with Crippen LogP contribution >= 0.6 is 0 Å². The van der Waals surface area contributed by atoms with Gasteiger partial charge < -0.3 is 15.3 Å². The van der Waals surface area contributed by atoms with Gasteiger partial charge in [-0.2, -0.15) is 0 Å². The van der Waals surface area contributed by atoms with Crippen LogP contribution in [0.25, 0.3) is 0 Å². The Balaban J connectivity index is 1.99. The molecule has 2 N–H and O–H groups in total. The summed E-state index contributed by atoms with van der Waals surface area (Å²) in [4.78, 5) is 2.19. The number of nitrogens with zero attached hydrogens (tertiary/aromatic N) is 1. The Morgan fingerprint density at radius 1 is 1.46 bits per heavy atom. The van der Waals surface area contributed by atoms with Crippen LogP contribution in [0.1, 0.15) is 19.8 Å². The van der Waals surface area contributed by atoms with E-state index in [1.165, 1.54) is 0 Å². The Kier molecular flexibility index (Phi) is 4.16. The van der Waals surface area contributed by atoms with Gasteiger partial charge in [0.2, 0.25) is 0 Å². The summed E-state index contributed by atoms with van der Waals surface area (Å²) in [5.74, 6) is 0.708. The van der Waals surface area contributed by atoms with Crippen molar-refractivity contribution in [2.75, 3.05) is 27.2 Å². The molecule has 1 saturated carbocycles. The van der Waals surface area contributed by atoms with Gasteiger partial charge in [0.25, 0.3) is 0 Å². The molecule has 1 aliphatic carbocycles. The second-order valence-electron chi connectivity index (χ2n) is 4.56. The number of aliphatic hydroxyl groups excluding tert-OH is 1. The van der Waals surface area contributed by atoms with E-state index in [9.17, 15) is 0 Å². The highest BCUT2D eigenvalue weighted by atomic mass is 16.3. The molecule has 0 saturated heterocycles. The number of hydrogen-bond donors (Lipinski definition) is 2. The third-order valence-corrected chi connectivity index (χ3v) is 2.60. The minimum absolute atomic E-state index is 0.0176. The number of rotatable bonds is 5. The van der Waals surface area contributed by atoms with Gasteiger partial charge in [-0.15, -0.1) is 0 Å². The van der Waals surface area contributed by atoms with E-state index in [0.717, 1.165) is 25.9 Å². The van der Waals surface area contributed by atoms with Gasteiger partial charge in [0.05, 0.1) is 6.10 Å². The summed E-state index contributed by atoms with van der Waals surface area (Å²) >= 11 is 0. The molecule has 1 atom stereocenters. The maximum atomic E-state index is 9.09. The van der Waals surface area contributed by atoms with Gasteiger partial charge in [-0.05, 0) is 46.3 Å². The third-order valence-electron chi connectivity index (χ3n) is 2.60. The van der Waals surface area contributed by atoms with Crippen molar-refractivity contribution in [3.8, 4) is 0 Å². The van der Waals surface area contributed by atoms with Crippen LogP contribution in [0.2, 0.25) is 0 Å². The van der Waals surface area contributed by atoms with E-state index in [2.05, 4.69) is 31.2 Å².